The van der Waals surface area contributed by atoms with Gasteiger partial charge in [-0.1, -0.05) is 59.7 Å². The van der Waals surface area contributed by atoms with Crippen LogP contribution in [0.15, 0.2) is 36.4 Å². The lowest BCUT2D eigenvalue weighted by Crippen LogP contribution is -2.62. The molecule has 2 aromatic carbocycles. The highest BCUT2D eigenvalue weighted by Gasteiger charge is 2.57. The largest absolute Gasteiger partial charge is 0.496 e. The molecule has 0 radical (unpaired) electrons. The zero-order valence-electron chi connectivity index (χ0n) is 34.9. The fourth-order valence-electron chi connectivity index (χ4n) is 9.64. The summed E-state index contributed by atoms with van der Waals surface area (Å²) in [7, 11) is 9.60. The van der Waals surface area contributed by atoms with E-state index < -0.39 is 24.2 Å². The van der Waals surface area contributed by atoms with E-state index >= 15 is 0 Å². The van der Waals surface area contributed by atoms with Gasteiger partial charge < -0.3 is 36.0 Å². The van der Waals surface area contributed by atoms with Crippen molar-refractivity contribution in [2.75, 3.05) is 53.3 Å². The molecule has 3 aliphatic carbocycles. The summed E-state index contributed by atoms with van der Waals surface area (Å²) in [4.78, 5) is 38.7. The molecule has 4 aliphatic rings. The van der Waals surface area contributed by atoms with Gasteiger partial charge in [-0.3, -0.25) is 14.4 Å². The van der Waals surface area contributed by atoms with Crippen molar-refractivity contribution in [1.29, 1.82) is 0 Å². The normalized spacial score (nSPS) is 27.6. The van der Waals surface area contributed by atoms with Crippen molar-refractivity contribution < 1.29 is 24.3 Å². The predicted octanol–water partition coefficient (Wildman–Crippen LogP) is 5.15. The topological polar surface area (TPSA) is 133 Å². The molecular weight excluding hydrogens is 681 g/mol. The standard InChI is InChI=1S/C43H68N6O5/c1-25-34-19-30(43(34,6)7)20-35(25)46-41(52)38-37(26(2)50)36(22-44)54-49(38)23-27-14-13-15-33(39(27)53-12)28-16-29(18-32(17-28)48(10)11)40(51)45-31(24-47(8)9)21-42(3,4)5/h13-18,25-26,30-31,34-38,50H,19-24,44H2,1-12H3,(H,45,51)(H,46,52)/t25-,26-,30-,31-,34+,35-,36-,37+,38-/m0/s1. The smallest absolute Gasteiger partial charge is 0.251 e. The third-order valence-corrected chi connectivity index (χ3v) is 12.5. The van der Waals surface area contributed by atoms with Crippen LogP contribution in [0.5, 0.6) is 5.75 Å². The fraction of sp³-hybridized carbons (Fsp3) is 0.674. The molecule has 4 fully saturated rings. The van der Waals surface area contributed by atoms with Crippen LogP contribution in [0.2, 0.25) is 0 Å². The van der Waals surface area contributed by atoms with Crippen LogP contribution in [0.3, 0.4) is 0 Å². The first-order valence-corrected chi connectivity index (χ1v) is 19.8. The Morgan fingerprint density at radius 2 is 1.83 bits per heavy atom. The second-order valence-electron chi connectivity index (χ2n) is 18.6. The van der Waals surface area contributed by atoms with Gasteiger partial charge in [-0.05, 0) is 92.6 Å². The van der Waals surface area contributed by atoms with Crippen LogP contribution < -0.4 is 26.0 Å². The molecule has 54 heavy (non-hydrogen) atoms. The van der Waals surface area contributed by atoms with Crippen molar-refractivity contribution >= 4 is 17.5 Å². The van der Waals surface area contributed by atoms with Crippen molar-refractivity contribution in [2.24, 2.45) is 40.2 Å². The summed E-state index contributed by atoms with van der Waals surface area (Å²) >= 11 is 0. The maximum Gasteiger partial charge on any atom is 0.251 e. The number of nitrogens with zero attached hydrogens (tertiary/aromatic N) is 3. The van der Waals surface area contributed by atoms with E-state index in [0.717, 1.165) is 41.8 Å². The summed E-state index contributed by atoms with van der Waals surface area (Å²) in [5.74, 6) is 1.37. The van der Waals surface area contributed by atoms with Gasteiger partial charge in [0.1, 0.15) is 11.8 Å². The maximum absolute atomic E-state index is 14.3. The molecule has 0 aromatic heterocycles. The zero-order chi connectivity index (χ0) is 39.9. The average Bonchev–Trinajstić information content (AvgIpc) is 3.46. The van der Waals surface area contributed by atoms with Gasteiger partial charge in [0.05, 0.1) is 25.9 Å². The van der Waals surface area contributed by atoms with Crippen molar-refractivity contribution in [3.8, 4) is 16.9 Å². The Balaban J connectivity index is 1.45. The lowest BCUT2D eigenvalue weighted by molar-refractivity contribution is -0.175. The molecule has 11 nitrogen and oxygen atoms in total. The summed E-state index contributed by atoms with van der Waals surface area (Å²) in [5.41, 5.74) is 10.4. The second-order valence-corrected chi connectivity index (χ2v) is 18.6. The van der Waals surface area contributed by atoms with Crippen LogP contribution in [0, 0.1) is 34.5 Å². The monoisotopic (exact) mass is 749 g/mol. The van der Waals surface area contributed by atoms with Crippen LogP contribution in [0.25, 0.3) is 11.1 Å². The Morgan fingerprint density at radius 1 is 1.13 bits per heavy atom. The van der Waals surface area contributed by atoms with Gasteiger partial charge in [-0.2, -0.15) is 5.06 Å². The van der Waals surface area contributed by atoms with Gasteiger partial charge in [0.15, 0.2) is 0 Å². The molecule has 1 heterocycles. The number of nitrogens with one attached hydrogen (secondary N) is 2. The Morgan fingerprint density at radius 3 is 2.39 bits per heavy atom. The second kappa shape index (κ2) is 16.5. The number of ether oxygens (including phenoxy) is 1. The van der Waals surface area contributed by atoms with E-state index in [0.29, 0.717) is 34.5 Å². The first-order valence-electron chi connectivity index (χ1n) is 19.8. The van der Waals surface area contributed by atoms with Gasteiger partial charge in [0, 0.05) is 67.6 Å². The maximum atomic E-state index is 14.3. The van der Waals surface area contributed by atoms with Crippen molar-refractivity contribution in [3.05, 3.63) is 47.5 Å². The van der Waals surface area contributed by atoms with Gasteiger partial charge in [-0.25, -0.2) is 0 Å². The molecule has 5 N–H and O–H groups in total. The Labute approximate surface area is 324 Å². The van der Waals surface area contributed by atoms with E-state index in [1.165, 1.54) is 6.42 Å². The number of rotatable bonds is 14. The molecule has 2 aromatic rings. The predicted molar refractivity (Wildman–Crippen MR) is 216 cm³/mol. The summed E-state index contributed by atoms with van der Waals surface area (Å²) in [5, 5.41) is 19.4. The molecule has 11 heteroatoms. The summed E-state index contributed by atoms with van der Waals surface area (Å²) < 4.78 is 6.12. The van der Waals surface area contributed by atoms with E-state index in [-0.39, 0.29) is 42.4 Å². The highest BCUT2D eigenvalue weighted by Crippen LogP contribution is 2.61. The van der Waals surface area contributed by atoms with Crippen LogP contribution in [-0.4, -0.2) is 106 Å². The Hall–Kier alpha value is -3.22. The van der Waals surface area contributed by atoms with E-state index in [1.807, 2.05) is 63.4 Å². The van der Waals surface area contributed by atoms with Gasteiger partial charge >= 0.3 is 0 Å². The summed E-state index contributed by atoms with van der Waals surface area (Å²) in [6.07, 6.45) is 1.67. The minimum Gasteiger partial charge on any atom is -0.496 e. The molecule has 300 valence electrons. The lowest BCUT2D eigenvalue weighted by atomic mass is 9.45. The van der Waals surface area contributed by atoms with Crippen LogP contribution in [0.4, 0.5) is 5.69 Å². The molecule has 0 spiro atoms. The van der Waals surface area contributed by atoms with E-state index in [9.17, 15) is 14.7 Å². The molecular formula is C43H68N6O5. The van der Waals surface area contributed by atoms with Gasteiger partial charge in [-0.15, -0.1) is 0 Å². The first kappa shape index (κ1) is 41.9. The number of nitrogens with two attached hydrogens (primary N) is 1. The summed E-state index contributed by atoms with van der Waals surface area (Å²) in [6, 6.07) is 11.1. The van der Waals surface area contributed by atoms with Crippen molar-refractivity contribution in [1.82, 2.24) is 20.6 Å². The number of carbonyl (C=O) groups excluding carboxylic acids is 2. The highest BCUT2D eigenvalue weighted by atomic mass is 16.7. The quantitative estimate of drug-likeness (QED) is 0.207. The number of anilines is 1. The van der Waals surface area contributed by atoms with Gasteiger partial charge in [0.25, 0.3) is 5.91 Å². The van der Waals surface area contributed by atoms with E-state index in [4.69, 9.17) is 15.3 Å². The molecule has 0 unspecified atom stereocenters. The molecule has 1 saturated heterocycles. The molecule has 2 bridgehead atoms. The SMILES string of the molecule is COc1c(CN2O[C@@H](CN)[C@@H]([C@H](C)O)[C@H]2C(=O)N[C@H]2C[C@@H]3C[C@H]([C@@H]2C)C3(C)C)cccc1-c1cc(C(=O)N[C@H](CN(C)C)CC(C)(C)C)cc(N(C)C)c1. The van der Waals surface area contributed by atoms with Crippen LogP contribution in [-0.2, 0) is 16.2 Å². The molecule has 6 rings (SSSR count). The minimum absolute atomic E-state index is 0.0240. The number of benzene rings is 2. The number of carbonyl (C=O) groups is 2. The summed E-state index contributed by atoms with van der Waals surface area (Å²) in [6.45, 7) is 16.4. The van der Waals surface area contributed by atoms with Crippen LogP contribution >= 0.6 is 0 Å². The number of aliphatic hydroxyl groups excluding tert-OH is 1. The average molecular weight is 749 g/mol. The first-order chi connectivity index (χ1) is 25.2. The number of amides is 2. The number of fused-ring (bicyclic) bond motifs is 2. The molecule has 3 saturated carbocycles. The Kier molecular flexibility index (Phi) is 12.8. The Bertz CT molecular complexity index is 1640. The highest BCUT2D eigenvalue weighted by molar-refractivity contribution is 5.97. The number of aliphatic hydroxyl groups is 1. The van der Waals surface area contributed by atoms with E-state index in [1.54, 1.807) is 19.1 Å². The number of methoxy groups -OCH3 is 1. The molecule has 2 amide bonds. The van der Waals surface area contributed by atoms with Crippen molar-refractivity contribution in [3.63, 3.8) is 0 Å². The number of hydrogen-bond donors (Lipinski definition) is 4. The number of hydroxylamine groups is 2. The zero-order valence-corrected chi connectivity index (χ0v) is 34.9. The lowest BCUT2D eigenvalue weighted by Gasteiger charge is -2.62. The fourth-order valence-corrected chi connectivity index (χ4v) is 9.64. The van der Waals surface area contributed by atoms with Gasteiger partial charge in [0.2, 0.25) is 5.91 Å². The third-order valence-electron chi connectivity index (χ3n) is 12.5. The third kappa shape index (κ3) is 8.91. The number of para-hydroxylation sites is 1. The number of likely N-dealkylation sites (N-methyl/N-ethyl adjacent to an activating group) is 1. The van der Waals surface area contributed by atoms with E-state index in [2.05, 4.69) is 63.1 Å². The van der Waals surface area contributed by atoms with Crippen LogP contribution in [0.1, 0.15) is 83.7 Å². The molecule has 9 atom stereocenters. The minimum atomic E-state index is -0.817. The van der Waals surface area contributed by atoms with Crippen molar-refractivity contribution in [2.45, 2.75) is 105 Å². The number of hydrogen-bond acceptors (Lipinski definition) is 9. The molecule has 1 aliphatic heterocycles.